The van der Waals surface area contributed by atoms with Gasteiger partial charge >= 0.3 is 0 Å². The van der Waals surface area contributed by atoms with Gasteiger partial charge in [0.1, 0.15) is 5.82 Å². The number of nitrogens with zero attached hydrogens (tertiary/aromatic N) is 2. The number of hydrogen-bond donors (Lipinski definition) is 3. The molecule has 6 nitrogen and oxygen atoms in total. The minimum Gasteiger partial charge on any atom is -0.356 e. The molecule has 128 valence electrons. The number of aryl methyl sites for hydroxylation is 2. The van der Waals surface area contributed by atoms with Crippen molar-refractivity contribution in [2.45, 2.75) is 26.8 Å². The van der Waals surface area contributed by atoms with Crippen LogP contribution in [0.15, 0.2) is 35.5 Å². The van der Waals surface area contributed by atoms with Crippen molar-refractivity contribution >= 4 is 29.0 Å². The SMILES string of the molecule is CN=C(NCCC(=O)Nc1ccc(C)cn1)NCc1ccc(C)s1. The van der Waals surface area contributed by atoms with Crippen LogP contribution in [0.4, 0.5) is 5.82 Å². The van der Waals surface area contributed by atoms with Crippen molar-refractivity contribution in [2.24, 2.45) is 4.99 Å². The molecule has 0 aliphatic rings. The van der Waals surface area contributed by atoms with E-state index < -0.39 is 0 Å². The predicted molar refractivity (Wildman–Crippen MR) is 99.5 cm³/mol. The molecule has 0 unspecified atom stereocenters. The summed E-state index contributed by atoms with van der Waals surface area (Å²) in [6, 6.07) is 7.91. The summed E-state index contributed by atoms with van der Waals surface area (Å²) in [4.78, 5) is 22.7. The average Bonchev–Trinajstić information content (AvgIpc) is 2.98. The number of aliphatic imine (C=N–C) groups is 1. The average molecular weight is 345 g/mol. The number of anilines is 1. The maximum Gasteiger partial charge on any atom is 0.227 e. The first-order valence-electron chi connectivity index (χ1n) is 7.79. The van der Waals surface area contributed by atoms with E-state index in [-0.39, 0.29) is 5.91 Å². The zero-order valence-corrected chi connectivity index (χ0v) is 15.0. The second kappa shape index (κ2) is 9.02. The topological polar surface area (TPSA) is 78.4 Å². The first-order chi connectivity index (χ1) is 11.6. The lowest BCUT2D eigenvalue weighted by atomic mass is 10.3. The second-order valence-corrected chi connectivity index (χ2v) is 6.76. The van der Waals surface area contributed by atoms with E-state index in [1.54, 1.807) is 30.6 Å². The van der Waals surface area contributed by atoms with Crippen LogP contribution in [0.2, 0.25) is 0 Å². The highest BCUT2D eigenvalue weighted by Crippen LogP contribution is 2.14. The number of carbonyl (C=O) groups is 1. The molecule has 0 radical (unpaired) electrons. The molecule has 0 atom stereocenters. The van der Waals surface area contributed by atoms with Gasteiger partial charge in [0, 0.05) is 36.0 Å². The van der Waals surface area contributed by atoms with Crippen molar-refractivity contribution in [1.29, 1.82) is 0 Å². The fraction of sp³-hybridized carbons (Fsp3) is 0.353. The summed E-state index contributed by atoms with van der Waals surface area (Å²) in [6.07, 6.45) is 2.07. The van der Waals surface area contributed by atoms with Crippen molar-refractivity contribution in [2.75, 3.05) is 18.9 Å². The molecular formula is C17H23N5OS. The quantitative estimate of drug-likeness (QED) is 0.555. The van der Waals surface area contributed by atoms with Crippen LogP contribution in [0.25, 0.3) is 0 Å². The zero-order chi connectivity index (χ0) is 17.4. The summed E-state index contributed by atoms with van der Waals surface area (Å²) < 4.78 is 0. The van der Waals surface area contributed by atoms with E-state index in [0.29, 0.717) is 24.7 Å². The van der Waals surface area contributed by atoms with Gasteiger partial charge in [-0.2, -0.15) is 0 Å². The van der Waals surface area contributed by atoms with Crippen LogP contribution in [0, 0.1) is 13.8 Å². The zero-order valence-electron chi connectivity index (χ0n) is 14.2. The molecule has 2 rings (SSSR count). The molecule has 1 amide bonds. The van der Waals surface area contributed by atoms with Gasteiger partial charge in [0.05, 0.1) is 6.54 Å². The van der Waals surface area contributed by atoms with Gasteiger partial charge in [0.25, 0.3) is 0 Å². The Balaban J connectivity index is 1.69. The van der Waals surface area contributed by atoms with E-state index in [1.165, 1.54) is 9.75 Å². The molecule has 24 heavy (non-hydrogen) atoms. The monoisotopic (exact) mass is 345 g/mol. The molecule has 0 aliphatic carbocycles. The molecular weight excluding hydrogens is 322 g/mol. The van der Waals surface area contributed by atoms with Gasteiger partial charge in [0.15, 0.2) is 5.96 Å². The fourth-order valence-corrected chi connectivity index (χ4v) is 2.84. The Bertz CT molecular complexity index is 693. The fourth-order valence-electron chi connectivity index (χ4n) is 2.01. The Morgan fingerprint density at radius 1 is 1.21 bits per heavy atom. The number of thiophene rings is 1. The number of carbonyl (C=O) groups excluding carboxylic acids is 1. The Kier molecular flexibility index (Phi) is 6.74. The third kappa shape index (κ3) is 6.00. The molecule has 0 spiro atoms. The highest BCUT2D eigenvalue weighted by Gasteiger charge is 2.05. The van der Waals surface area contributed by atoms with Crippen LogP contribution in [-0.2, 0) is 11.3 Å². The first-order valence-corrected chi connectivity index (χ1v) is 8.61. The molecule has 2 aromatic rings. The normalized spacial score (nSPS) is 11.2. The summed E-state index contributed by atoms with van der Waals surface area (Å²) in [6.45, 7) is 5.26. The van der Waals surface area contributed by atoms with Crippen LogP contribution in [0.5, 0.6) is 0 Å². The molecule has 2 heterocycles. The Labute approximate surface area is 146 Å². The molecule has 3 N–H and O–H groups in total. The molecule has 0 aromatic carbocycles. The summed E-state index contributed by atoms with van der Waals surface area (Å²) in [5.74, 6) is 1.17. The van der Waals surface area contributed by atoms with E-state index in [0.717, 1.165) is 12.1 Å². The summed E-state index contributed by atoms with van der Waals surface area (Å²) in [7, 11) is 1.71. The molecule has 0 saturated carbocycles. The molecule has 0 fully saturated rings. The second-order valence-electron chi connectivity index (χ2n) is 5.38. The van der Waals surface area contributed by atoms with Gasteiger partial charge in [-0.05, 0) is 37.6 Å². The van der Waals surface area contributed by atoms with Crippen molar-refractivity contribution in [3.8, 4) is 0 Å². The lowest BCUT2D eigenvalue weighted by Gasteiger charge is -2.11. The van der Waals surface area contributed by atoms with Gasteiger partial charge in [-0.1, -0.05) is 6.07 Å². The van der Waals surface area contributed by atoms with Crippen molar-refractivity contribution < 1.29 is 4.79 Å². The number of aromatic nitrogens is 1. The third-order valence-electron chi connectivity index (χ3n) is 3.27. The van der Waals surface area contributed by atoms with Crippen molar-refractivity contribution in [3.05, 3.63) is 45.8 Å². The first kappa shape index (κ1) is 17.9. The van der Waals surface area contributed by atoms with E-state index in [4.69, 9.17) is 0 Å². The molecule has 2 aromatic heterocycles. The van der Waals surface area contributed by atoms with Gasteiger partial charge in [-0.25, -0.2) is 4.98 Å². The van der Waals surface area contributed by atoms with Crippen LogP contribution in [0.1, 0.15) is 21.7 Å². The smallest absolute Gasteiger partial charge is 0.227 e. The van der Waals surface area contributed by atoms with Gasteiger partial charge in [0.2, 0.25) is 5.91 Å². The largest absolute Gasteiger partial charge is 0.356 e. The lowest BCUT2D eigenvalue weighted by Crippen LogP contribution is -2.38. The standard InChI is InChI=1S/C17H23N5OS/c1-12-4-7-15(20-10-12)22-16(23)8-9-19-17(18-3)21-11-14-6-5-13(2)24-14/h4-7,10H,8-9,11H2,1-3H3,(H2,18,19,21)(H,20,22,23). The van der Waals surface area contributed by atoms with Crippen LogP contribution in [-0.4, -0.2) is 30.4 Å². The van der Waals surface area contributed by atoms with Gasteiger partial charge in [-0.3, -0.25) is 9.79 Å². The van der Waals surface area contributed by atoms with Gasteiger partial charge < -0.3 is 16.0 Å². The Morgan fingerprint density at radius 2 is 2.04 bits per heavy atom. The molecule has 0 saturated heterocycles. The molecule has 0 aliphatic heterocycles. The molecule has 7 heteroatoms. The highest BCUT2D eigenvalue weighted by atomic mass is 32.1. The number of nitrogens with one attached hydrogen (secondary N) is 3. The number of guanidine groups is 1. The van der Waals surface area contributed by atoms with E-state index in [1.807, 2.05) is 13.0 Å². The lowest BCUT2D eigenvalue weighted by molar-refractivity contribution is -0.116. The van der Waals surface area contributed by atoms with Crippen LogP contribution in [0.3, 0.4) is 0 Å². The molecule has 0 bridgehead atoms. The summed E-state index contributed by atoms with van der Waals surface area (Å²) in [5, 5.41) is 9.14. The van der Waals surface area contributed by atoms with Crippen molar-refractivity contribution in [1.82, 2.24) is 15.6 Å². The summed E-state index contributed by atoms with van der Waals surface area (Å²) >= 11 is 1.75. The van der Waals surface area contributed by atoms with Crippen LogP contribution >= 0.6 is 11.3 Å². The minimum atomic E-state index is -0.0804. The summed E-state index contributed by atoms with van der Waals surface area (Å²) in [5.41, 5.74) is 1.06. The number of hydrogen-bond acceptors (Lipinski definition) is 4. The van der Waals surface area contributed by atoms with Crippen LogP contribution < -0.4 is 16.0 Å². The number of amides is 1. The van der Waals surface area contributed by atoms with E-state index in [9.17, 15) is 4.79 Å². The Morgan fingerprint density at radius 3 is 2.67 bits per heavy atom. The van der Waals surface area contributed by atoms with Crippen molar-refractivity contribution in [3.63, 3.8) is 0 Å². The van der Waals surface area contributed by atoms with Gasteiger partial charge in [-0.15, -0.1) is 11.3 Å². The maximum absolute atomic E-state index is 11.9. The predicted octanol–water partition coefficient (Wildman–Crippen LogP) is 2.45. The number of pyridine rings is 1. The van der Waals surface area contributed by atoms with E-state index >= 15 is 0 Å². The Hall–Kier alpha value is -2.41. The maximum atomic E-state index is 11.9. The third-order valence-corrected chi connectivity index (χ3v) is 4.27. The van der Waals surface area contributed by atoms with E-state index in [2.05, 4.69) is 45.0 Å². The highest BCUT2D eigenvalue weighted by molar-refractivity contribution is 7.11. The minimum absolute atomic E-state index is 0.0804. The number of rotatable bonds is 6.